The third-order valence-corrected chi connectivity index (χ3v) is 3.34. The van der Waals surface area contributed by atoms with Gasteiger partial charge in [0.1, 0.15) is 5.75 Å². The largest absolute Gasteiger partial charge is 0.496 e. The number of nitrogens with two attached hydrogens (primary N) is 1. The number of methoxy groups -OCH3 is 1. The van der Waals surface area contributed by atoms with Crippen molar-refractivity contribution in [2.24, 2.45) is 5.73 Å². The van der Waals surface area contributed by atoms with Crippen molar-refractivity contribution in [1.29, 1.82) is 0 Å². The van der Waals surface area contributed by atoms with Gasteiger partial charge in [0.05, 0.1) is 7.11 Å². The summed E-state index contributed by atoms with van der Waals surface area (Å²) in [5, 5.41) is 0. The van der Waals surface area contributed by atoms with Crippen LogP contribution in [0.4, 0.5) is 0 Å². The van der Waals surface area contributed by atoms with Gasteiger partial charge >= 0.3 is 0 Å². The first kappa shape index (κ1) is 15.0. The number of rotatable bonds is 4. The van der Waals surface area contributed by atoms with Gasteiger partial charge in [-0.3, -0.25) is 0 Å². The molecule has 0 aliphatic heterocycles. The van der Waals surface area contributed by atoms with E-state index < -0.39 is 0 Å². The molecule has 0 aliphatic rings. The summed E-state index contributed by atoms with van der Waals surface area (Å²) in [6, 6.07) is 4.38. The molecule has 1 aromatic carbocycles. The molecular weight excluding hydrogens is 222 g/mol. The maximum absolute atomic E-state index is 6.25. The number of ether oxygens (including phenoxy) is 1. The fraction of sp³-hybridized carbons (Fsp3) is 0.625. The van der Waals surface area contributed by atoms with Crippen molar-refractivity contribution in [1.82, 2.24) is 0 Å². The summed E-state index contributed by atoms with van der Waals surface area (Å²) in [4.78, 5) is 0. The van der Waals surface area contributed by atoms with Gasteiger partial charge in [-0.15, -0.1) is 0 Å². The fourth-order valence-electron chi connectivity index (χ4n) is 2.14. The maximum atomic E-state index is 6.25. The number of hydrogen-bond donors (Lipinski definition) is 1. The Bertz CT molecular complexity index is 385. The van der Waals surface area contributed by atoms with Crippen molar-refractivity contribution in [2.45, 2.75) is 58.9 Å². The Kier molecular flexibility index (Phi) is 4.44. The normalized spacial score (nSPS) is 12.3. The Morgan fingerprint density at radius 3 is 1.61 bits per heavy atom. The summed E-state index contributed by atoms with van der Waals surface area (Å²) in [6.45, 7) is 12.8. The molecule has 2 nitrogen and oxygen atoms in total. The van der Waals surface area contributed by atoms with Crippen molar-refractivity contribution in [2.75, 3.05) is 7.11 Å². The van der Waals surface area contributed by atoms with Gasteiger partial charge in [0.15, 0.2) is 0 Å². The molecule has 18 heavy (non-hydrogen) atoms. The van der Waals surface area contributed by atoms with Crippen LogP contribution in [0, 0.1) is 0 Å². The van der Waals surface area contributed by atoms with Crippen molar-refractivity contribution < 1.29 is 4.74 Å². The molecule has 2 heteroatoms. The zero-order chi connectivity index (χ0) is 14.1. The predicted molar refractivity (Wildman–Crippen MR) is 78.4 cm³/mol. The summed E-state index contributed by atoms with van der Waals surface area (Å²) < 4.78 is 5.63. The molecule has 1 rings (SSSR count). The van der Waals surface area contributed by atoms with Gasteiger partial charge in [0.2, 0.25) is 0 Å². The van der Waals surface area contributed by atoms with E-state index in [1.54, 1.807) is 7.11 Å². The van der Waals surface area contributed by atoms with Crippen LogP contribution in [0.2, 0.25) is 0 Å². The molecule has 0 unspecified atom stereocenters. The Labute approximate surface area is 112 Å². The number of hydrogen-bond acceptors (Lipinski definition) is 2. The monoisotopic (exact) mass is 249 g/mol. The zero-order valence-electron chi connectivity index (χ0n) is 12.8. The molecule has 0 fully saturated rings. The average molecular weight is 249 g/mol. The molecule has 102 valence electrons. The van der Waals surface area contributed by atoms with Crippen molar-refractivity contribution in [3.63, 3.8) is 0 Å². The van der Waals surface area contributed by atoms with Crippen LogP contribution in [0.3, 0.4) is 0 Å². The molecule has 0 aliphatic carbocycles. The van der Waals surface area contributed by atoms with Crippen LogP contribution in [0.1, 0.15) is 70.1 Å². The van der Waals surface area contributed by atoms with Crippen LogP contribution < -0.4 is 10.5 Å². The van der Waals surface area contributed by atoms with Crippen molar-refractivity contribution >= 4 is 0 Å². The Hall–Kier alpha value is -1.02. The summed E-state index contributed by atoms with van der Waals surface area (Å²) >= 11 is 0. The second kappa shape index (κ2) is 5.31. The second-order valence-corrected chi connectivity index (χ2v) is 6.22. The lowest BCUT2D eigenvalue weighted by atomic mass is 9.86. The minimum absolute atomic E-state index is 0.320. The topological polar surface area (TPSA) is 35.2 Å². The molecular formula is C16H27NO. The van der Waals surface area contributed by atoms with Crippen LogP contribution in [0.5, 0.6) is 5.75 Å². The first-order valence-corrected chi connectivity index (χ1v) is 6.69. The minimum Gasteiger partial charge on any atom is -0.496 e. The Balaban J connectivity index is 3.54. The quantitative estimate of drug-likeness (QED) is 0.870. The van der Waals surface area contributed by atoms with E-state index in [-0.39, 0.29) is 5.54 Å². The fourth-order valence-corrected chi connectivity index (χ4v) is 2.14. The third kappa shape index (κ3) is 3.05. The molecule has 0 saturated carbocycles. The smallest absolute Gasteiger partial charge is 0.125 e. The lowest BCUT2D eigenvalue weighted by Gasteiger charge is -2.26. The SMILES string of the molecule is COc1c(C(C)C)cc(C(C)(C)N)cc1C(C)C. The highest BCUT2D eigenvalue weighted by molar-refractivity contribution is 5.49. The summed E-state index contributed by atoms with van der Waals surface area (Å²) in [7, 11) is 1.75. The maximum Gasteiger partial charge on any atom is 0.125 e. The van der Waals surface area contributed by atoms with E-state index in [0.717, 1.165) is 5.75 Å². The van der Waals surface area contributed by atoms with Crippen molar-refractivity contribution in [3.05, 3.63) is 28.8 Å². The van der Waals surface area contributed by atoms with Gasteiger partial charge in [-0.25, -0.2) is 0 Å². The lowest BCUT2D eigenvalue weighted by molar-refractivity contribution is 0.399. The van der Waals surface area contributed by atoms with Crippen LogP contribution in [-0.4, -0.2) is 7.11 Å². The second-order valence-electron chi connectivity index (χ2n) is 6.22. The standard InChI is InChI=1S/C16H27NO/c1-10(2)13-8-12(16(5,6)17)9-14(11(3)4)15(13)18-7/h8-11H,17H2,1-7H3. The molecule has 0 aromatic heterocycles. The highest BCUT2D eigenvalue weighted by Crippen LogP contribution is 2.37. The van der Waals surface area contributed by atoms with Gasteiger partial charge in [-0.2, -0.15) is 0 Å². The summed E-state index contributed by atoms with van der Waals surface area (Å²) in [6.07, 6.45) is 0. The van der Waals surface area contributed by atoms with E-state index in [1.165, 1.54) is 16.7 Å². The zero-order valence-corrected chi connectivity index (χ0v) is 12.8. The average Bonchev–Trinajstić information content (AvgIpc) is 2.25. The lowest BCUT2D eigenvalue weighted by Crippen LogP contribution is -2.29. The van der Waals surface area contributed by atoms with Gasteiger partial charge in [0.25, 0.3) is 0 Å². The number of benzene rings is 1. The third-order valence-electron chi connectivity index (χ3n) is 3.34. The van der Waals surface area contributed by atoms with Gasteiger partial charge < -0.3 is 10.5 Å². The van der Waals surface area contributed by atoms with Crippen molar-refractivity contribution in [3.8, 4) is 5.75 Å². The Morgan fingerprint density at radius 1 is 1.00 bits per heavy atom. The van der Waals surface area contributed by atoms with Crippen LogP contribution in [0.25, 0.3) is 0 Å². The van der Waals surface area contributed by atoms with E-state index in [2.05, 4.69) is 39.8 Å². The minimum atomic E-state index is -0.320. The van der Waals surface area contributed by atoms with E-state index in [4.69, 9.17) is 10.5 Å². The van der Waals surface area contributed by atoms with Gasteiger partial charge in [0, 0.05) is 5.54 Å². The Morgan fingerprint density at radius 2 is 1.39 bits per heavy atom. The van der Waals surface area contributed by atoms with E-state index in [1.807, 2.05) is 13.8 Å². The molecule has 1 aromatic rings. The first-order valence-electron chi connectivity index (χ1n) is 6.69. The molecule has 0 saturated heterocycles. The summed E-state index contributed by atoms with van der Waals surface area (Å²) in [5.74, 6) is 1.88. The highest BCUT2D eigenvalue weighted by atomic mass is 16.5. The van der Waals surface area contributed by atoms with E-state index >= 15 is 0 Å². The molecule has 0 amide bonds. The van der Waals surface area contributed by atoms with E-state index in [0.29, 0.717) is 11.8 Å². The van der Waals surface area contributed by atoms with Crippen LogP contribution in [-0.2, 0) is 5.54 Å². The summed E-state index contributed by atoms with van der Waals surface area (Å²) in [5.41, 5.74) is 9.60. The van der Waals surface area contributed by atoms with Crippen LogP contribution >= 0.6 is 0 Å². The van der Waals surface area contributed by atoms with Gasteiger partial charge in [-0.05, 0) is 42.4 Å². The molecule has 0 heterocycles. The van der Waals surface area contributed by atoms with Crippen LogP contribution in [0.15, 0.2) is 12.1 Å². The molecule has 2 N–H and O–H groups in total. The molecule has 0 atom stereocenters. The van der Waals surface area contributed by atoms with E-state index in [9.17, 15) is 0 Å². The molecule has 0 bridgehead atoms. The molecule has 0 spiro atoms. The predicted octanol–water partition coefficient (Wildman–Crippen LogP) is 4.14. The van der Waals surface area contributed by atoms with Gasteiger partial charge in [-0.1, -0.05) is 39.8 Å². The first-order chi connectivity index (χ1) is 8.18. The highest BCUT2D eigenvalue weighted by Gasteiger charge is 2.22. The molecule has 0 radical (unpaired) electrons.